The smallest absolute Gasteiger partial charge is 0.136 e. The summed E-state index contributed by atoms with van der Waals surface area (Å²) in [5.74, 6) is 0.411. The molecule has 0 aliphatic carbocycles. The molecular weight excluding hydrogens is 186 g/mol. The molecule has 0 radical (unpaired) electrons. The first-order valence-electron chi connectivity index (χ1n) is 5.88. The van der Waals surface area contributed by atoms with E-state index in [1.54, 1.807) is 0 Å². The lowest BCUT2D eigenvalue weighted by Crippen LogP contribution is -2.56. The van der Waals surface area contributed by atoms with E-state index >= 15 is 0 Å². The van der Waals surface area contributed by atoms with Gasteiger partial charge in [0.2, 0.25) is 0 Å². The topological polar surface area (TPSA) is 29.1 Å². The van der Waals surface area contributed by atoms with Crippen molar-refractivity contribution in [3.63, 3.8) is 0 Å². The van der Waals surface area contributed by atoms with Gasteiger partial charge < -0.3 is 5.32 Å². The number of Topliss-reactive ketones (excluding diaryl/α,β-unsaturated/α-hetero) is 1. The Morgan fingerprint density at radius 3 is 1.53 bits per heavy atom. The summed E-state index contributed by atoms with van der Waals surface area (Å²) in [6, 6.07) is 0.644. The van der Waals surface area contributed by atoms with Gasteiger partial charge in [-0.15, -0.1) is 0 Å². The van der Waals surface area contributed by atoms with E-state index in [9.17, 15) is 4.79 Å². The largest absolute Gasteiger partial charge is 0.309 e. The Morgan fingerprint density at radius 1 is 0.933 bits per heavy atom. The van der Waals surface area contributed by atoms with Crippen LogP contribution in [0.1, 0.15) is 54.4 Å². The second-order valence-corrected chi connectivity index (χ2v) is 6.95. The van der Waals surface area contributed by atoms with Crippen LogP contribution in [0.15, 0.2) is 0 Å². The van der Waals surface area contributed by atoms with Gasteiger partial charge in [-0.05, 0) is 10.8 Å². The quantitative estimate of drug-likeness (QED) is 0.667. The van der Waals surface area contributed by atoms with Gasteiger partial charge in [-0.1, -0.05) is 41.5 Å². The van der Waals surface area contributed by atoms with Gasteiger partial charge in [0.05, 0.1) is 0 Å². The lowest BCUT2D eigenvalue weighted by atomic mass is 9.75. The molecule has 1 aliphatic rings. The van der Waals surface area contributed by atoms with Gasteiger partial charge in [0.15, 0.2) is 0 Å². The Labute approximate surface area is 93.8 Å². The SMILES string of the molecule is CC(C)(C)C1CC(=O)CC(C(C)(C)C)N1. The highest BCUT2D eigenvalue weighted by molar-refractivity contribution is 5.80. The molecule has 2 unspecified atom stereocenters. The minimum Gasteiger partial charge on any atom is -0.309 e. The van der Waals surface area contributed by atoms with Crippen molar-refractivity contribution < 1.29 is 4.79 Å². The van der Waals surface area contributed by atoms with Crippen LogP contribution >= 0.6 is 0 Å². The van der Waals surface area contributed by atoms with Crippen LogP contribution in [0, 0.1) is 10.8 Å². The van der Waals surface area contributed by atoms with E-state index in [0.717, 1.165) is 0 Å². The molecule has 1 rings (SSSR count). The summed E-state index contributed by atoms with van der Waals surface area (Å²) < 4.78 is 0. The predicted octanol–water partition coefficient (Wildman–Crippen LogP) is 2.77. The molecule has 88 valence electrons. The minimum atomic E-state index is 0.166. The Hall–Kier alpha value is -0.370. The predicted molar refractivity (Wildman–Crippen MR) is 63.9 cm³/mol. The maximum atomic E-state index is 11.7. The average Bonchev–Trinajstić information content (AvgIpc) is 1.99. The molecule has 1 N–H and O–H groups in total. The van der Waals surface area contributed by atoms with Crippen LogP contribution in [-0.4, -0.2) is 17.9 Å². The van der Waals surface area contributed by atoms with Gasteiger partial charge in [-0.2, -0.15) is 0 Å². The standard InChI is InChI=1S/C13H25NO/c1-12(2,3)10-7-9(15)8-11(14-10)13(4,5)6/h10-11,14H,7-8H2,1-6H3. The number of piperidine rings is 1. The maximum absolute atomic E-state index is 11.7. The van der Waals surface area contributed by atoms with Gasteiger partial charge in [0, 0.05) is 24.9 Å². The molecule has 0 aromatic rings. The number of hydrogen-bond acceptors (Lipinski definition) is 2. The van der Waals surface area contributed by atoms with E-state index in [0.29, 0.717) is 30.7 Å². The molecule has 1 saturated heterocycles. The minimum absolute atomic E-state index is 0.166. The van der Waals surface area contributed by atoms with Crippen LogP contribution in [0.5, 0.6) is 0 Å². The highest BCUT2D eigenvalue weighted by atomic mass is 16.1. The molecule has 1 aliphatic heterocycles. The Bertz CT molecular complexity index is 220. The fourth-order valence-electron chi connectivity index (χ4n) is 2.01. The summed E-state index contributed by atoms with van der Waals surface area (Å²) in [5.41, 5.74) is 0.332. The Balaban J connectivity index is 2.77. The first-order chi connectivity index (χ1) is 6.60. The third kappa shape index (κ3) is 3.30. The summed E-state index contributed by atoms with van der Waals surface area (Å²) in [5, 5.41) is 3.64. The number of nitrogens with one attached hydrogen (secondary N) is 1. The van der Waals surface area contributed by atoms with E-state index in [1.807, 2.05) is 0 Å². The third-order valence-corrected chi connectivity index (χ3v) is 3.36. The van der Waals surface area contributed by atoms with E-state index < -0.39 is 0 Å². The summed E-state index contributed by atoms with van der Waals surface area (Å²) in [7, 11) is 0. The van der Waals surface area contributed by atoms with Gasteiger partial charge >= 0.3 is 0 Å². The fourth-order valence-corrected chi connectivity index (χ4v) is 2.01. The summed E-state index contributed by atoms with van der Waals surface area (Å²) in [6.45, 7) is 13.2. The highest BCUT2D eigenvalue weighted by Crippen LogP contribution is 2.32. The van der Waals surface area contributed by atoms with Crippen LogP contribution in [-0.2, 0) is 4.79 Å². The van der Waals surface area contributed by atoms with Gasteiger partial charge in [-0.3, -0.25) is 4.79 Å². The third-order valence-electron chi connectivity index (χ3n) is 3.36. The molecule has 0 saturated carbocycles. The summed E-state index contributed by atoms with van der Waals surface area (Å²) >= 11 is 0. The molecule has 1 fully saturated rings. The van der Waals surface area contributed by atoms with Crippen LogP contribution in [0.3, 0.4) is 0 Å². The number of hydrogen-bond donors (Lipinski definition) is 1. The molecule has 2 atom stereocenters. The molecule has 2 heteroatoms. The second-order valence-electron chi connectivity index (χ2n) is 6.95. The Morgan fingerprint density at radius 2 is 1.27 bits per heavy atom. The highest BCUT2D eigenvalue weighted by Gasteiger charge is 2.38. The van der Waals surface area contributed by atoms with E-state index in [1.165, 1.54) is 0 Å². The van der Waals surface area contributed by atoms with E-state index in [4.69, 9.17) is 0 Å². The van der Waals surface area contributed by atoms with Crippen LogP contribution in [0.2, 0.25) is 0 Å². The molecule has 0 aromatic carbocycles. The molecule has 2 nitrogen and oxygen atoms in total. The van der Waals surface area contributed by atoms with Crippen molar-refractivity contribution in [1.82, 2.24) is 5.32 Å². The first kappa shape index (κ1) is 12.7. The molecule has 0 aromatic heterocycles. The summed E-state index contributed by atoms with van der Waals surface area (Å²) in [4.78, 5) is 11.7. The van der Waals surface area contributed by atoms with Gasteiger partial charge in [0.25, 0.3) is 0 Å². The van der Waals surface area contributed by atoms with Crippen molar-refractivity contribution in [2.45, 2.75) is 66.5 Å². The second kappa shape index (κ2) is 3.89. The van der Waals surface area contributed by atoms with Crippen molar-refractivity contribution in [3.8, 4) is 0 Å². The zero-order valence-corrected chi connectivity index (χ0v) is 11.0. The lowest BCUT2D eigenvalue weighted by Gasteiger charge is -2.43. The molecule has 0 amide bonds. The van der Waals surface area contributed by atoms with E-state index in [-0.39, 0.29) is 10.8 Å². The molecule has 1 heterocycles. The normalized spacial score (nSPS) is 29.3. The molecule has 0 spiro atoms. The van der Waals surface area contributed by atoms with Crippen molar-refractivity contribution in [3.05, 3.63) is 0 Å². The van der Waals surface area contributed by atoms with Gasteiger partial charge in [0.1, 0.15) is 5.78 Å². The zero-order chi connectivity index (χ0) is 11.9. The number of carbonyl (C=O) groups excluding carboxylic acids is 1. The number of carbonyl (C=O) groups is 1. The first-order valence-corrected chi connectivity index (χ1v) is 5.88. The monoisotopic (exact) mass is 211 g/mol. The van der Waals surface area contributed by atoms with Crippen LogP contribution in [0.25, 0.3) is 0 Å². The lowest BCUT2D eigenvalue weighted by molar-refractivity contribution is -0.123. The van der Waals surface area contributed by atoms with Crippen molar-refractivity contribution in [2.75, 3.05) is 0 Å². The number of ketones is 1. The van der Waals surface area contributed by atoms with Crippen molar-refractivity contribution in [2.24, 2.45) is 10.8 Å². The van der Waals surface area contributed by atoms with Crippen LogP contribution < -0.4 is 5.32 Å². The molecular formula is C13H25NO. The van der Waals surface area contributed by atoms with Crippen LogP contribution in [0.4, 0.5) is 0 Å². The Kier molecular flexibility index (Phi) is 3.30. The fraction of sp³-hybridized carbons (Fsp3) is 0.923. The maximum Gasteiger partial charge on any atom is 0.136 e. The number of rotatable bonds is 0. The van der Waals surface area contributed by atoms with Crippen molar-refractivity contribution in [1.29, 1.82) is 0 Å². The summed E-state index contributed by atoms with van der Waals surface area (Å²) in [6.07, 6.45) is 1.38. The molecule has 0 bridgehead atoms. The van der Waals surface area contributed by atoms with E-state index in [2.05, 4.69) is 46.9 Å². The zero-order valence-electron chi connectivity index (χ0n) is 11.0. The molecule has 15 heavy (non-hydrogen) atoms. The average molecular weight is 211 g/mol. The van der Waals surface area contributed by atoms with Gasteiger partial charge in [-0.25, -0.2) is 0 Å². The van der Waals surface area contributed by atoms with Crippen molar-refractivity contribution >= 4 is 5.78 Å².